The van der Waals surface area contributed by atoms with Crippen LogP contribution in [0.25, 0.3) is 10.6 Å². The number of amides is 2. The molecule has 1 aromatic carbocycles. The Bertz CT molecular complexity index is 1200. The Morgan fingerprint density at radius 2 is 2.03 bits per heavy atom. The fraction of sp³-hybridized carbons (Fsp3) is 0.320. The number of benzene rings is 1. The Labute approximate surface area is 206 Å². The highest BCUT2D eigenvalue weighted by molar-refractivity contribution is 7.15. The summed E-state index contributed by atoms with van der Waals surface area (Å²) in [7, 11) is 0. The number of aromatic nitrogens is 1. The zero-order chi connectivity index (χ0) is 24.8. The van der Waals surface area contributed by atoms with E-state index in [9.17, 15) is 19.1 Å². The maximum atomic E-state index is 13.5. The van der Waals surface area contributed by atoms with Crippen molar-refractivity contribution < 1.29 is 24.2 Å². The molecule has 2 aromatic heterocycles. The molecule has 10 heteroatoms. The van der Waals surface area contributed by atoms with E-state index in [-0.39, 0.29) is 36.8 Å². The molecule has 0 aliphatic carbocycles. The molecule has 0 spiro atoms. The van der Waals surface area contributed by atoms with Crippen LogP contribution < -0.4 is 10.6 Å². The van der Waals surface area contributed by atoms with Crippen LogP contribution in [0, 0.1) is 5.82 Å². The molecule has 4 N–H and O–H groups in total. The number of aliphatic hydroxyl groups excluding tert-OH is 2. The number of hydrogen-bond acceptors (Lipinski definition) is 7. The number of pyridine rings is 1. The second kappa shape index (κ2) is 11.4. The van der Waals surface area contributed by atoms with Crippen molar-refractivity contribution in [2.45, 2.75) is 25.5 Å². The maximum absolute atomic E-state index is 13.5. The molecule has 35 heavy (non-hydrogen) atoms. The van der Waals surface area contributed by atoms with Gasteiger partial charge in [0, 0.05) is 24.5 Å². The second-order valence-corrected chi connectivity index (χ2v) is 9.39. The SMILES string of the molecule is O=C(NC[C@H]1CCN1C(=O)CO)c1ccc(-c2ccc(CO)s2)nc1NCCc1cccc(F)c1. The smallest absolute Gasteiger partial charge is 0.255 e. The number of aliphatic hydroxyl groups is 2. The molecule has 3 heterocycles. The normalized spacial score (nSPS) is 14.9. The molecule has 0 bridgehead atoms. The molecule has 2 amide bonds. The average Bonchev–Trinajstić information content (AvgIpc) is 3.33. The largest absolute Gasteiger partial charge is 0.391 e. The van der Waals surface area contributed by atoms with Crippen LogP contribution in [-0.4, -0.2) is 64.2 Å². The number of likely N-dealkylation sites (tertiary alicyclic amines) is 1. The van der Waals surface area contributed by atoms with Crippen molar-refractivity contribution in [3.8, 4) is 10.6 Å². The number of halogens is 1. The summed E-state index contributed by atoms with van der Waals surface area (Å²) in [6.07, 6.45) is 1.30. The summed E-state index contributed by atoms with van der Waals surface area (Å²) in [6, 6.07) is 13.4. The van der Waals surface area contributed by atoms with E-state index in [1.54, 1.807) is 23.1 Å². The van der Waals surface area contributed by atoms with Crippen LogP contribution in [0.4, 0.5) is 10.2 Å². The summed E-state index contributed by atoms with van der Waals surface area (Å²) in [6.45, 7) is 0.685. The standard InChI is InChI=1S/C25H27FN4O4S/c26-17-3-1-2-16(12-17)8-10-27-24-20(5-6-21(29-24)22-7-4-19(14-31)35-22)25(34)28-13-18-9-11-30(18)23(33)15-32/h1-7,12,18,31-32H,8-11,13-15H2,(H,27,29)(H,28,34)/t18-/m1/s1. The topological polar surface area (TPSA) is 115 Å². The van der Waals surface area contributed by atoms with Crippen LogP contribution in [0.3, 0.4) is 0 Å². The fourth-order valence-electron chi connectivity index (χ4n) is 3.91. The summed E-state index contributed by atoms with van der Waals surface area (Å²) in [5.41, 5.74) is 1.84. The summed E-state index contributed by atoms with van der Waals surface area (Å²) in [5, 5.41) is 24.5. The highest BCUT2D eigenvalue weighted by atomic mass is 32.1. The molecular formula is C25H27FN4O4S. The van der Waals surface area contributed by atoms with E-state index in [1.807, 2.05) is 18.2 Å². The lowest BCUT2D eigenvalue weighted by Crippen LogP contribution is -2.56. The Hall–Kier alpha value is -3.34. The van der Waals surface area contributed by atoms with E-state index in [1.165, 1.54) is 23.5 Å². The summed E-state index contributed by atoms with van der Waals surface area (Å²) >= 11 is 1.42. The molecule has 0 radical (unpaired) electrons. The monoisotopic (exact) mass is 498 g/mol. The molecule has 1 aliphatic heterocycles. The summed E-state index contributed by atoms with van der Waals surface area (Å²) < 4.78 is 13.5. The van der Waals surface area contributed by atoms with Gasteiger partial charge in [-0.3, -0.25) is 9.59 Å². The van der Waals surface area contributed by atoms with Crippen molar-refractivity contribution in [2.75, 3.05) is 31.6 Å². The van der Waals surface area contributed by atoms with Gasteiger partial charge in [-0.1, -0.05) is 12.1 Å². The Balaban J connectivity index is 1.49. The van der Waals surface area contributed by atoms with Crippen LogP contribution in [0.5, 0.6) is 0 Å². The predicted molar refractivity (Wildman–Crippen MR) is 132 cm³/mol. The van der Waals surface area contributed by atoms with Gasteiger partial charge in [0.1, 0.15) is 18.2 Å². The summed E-state index contributed by atoms with van der Waals surface area (Å²) in [4.78, 5) is 32.6. The third-order valence-electron chi connectivity index (χ3n) is 5.90. The molecule has 3 aromatic rings. The number of nitrogens with one attached hydrogen (secondary N) is 2. The van der Waals surface area contributed by atoms with Gasteiger partial charge in [-0.2, -0.15) is 0 Å². The number of carbonyl (C=O) groups excluding carboxylic acids is 2. The van der Waals surface area contributed by atoms with Crippen molar-refractivity contribution in [1.82, 2.24) is 15.2 Å². The Kier molecular flexibility index (Phi) is 8.06. The van der Waals surface area contributed by atoms with Crippen molar-refractivity contribution in [2.24, 2.45) is 0 Å². The number of anilines is 1. The third kappa shape index (κ3) is 6.02. The molecule has 0 unspecified atom stereocenters. The van der Waals surface area contributed by atoms with Gasteiger partial charge in [0.15, 0.2) is 0 Å². The Morgan fingerprint density at radius 1 is 1.17 bits per heavy atom. The van der Waals surface area contributed by atoms with Crippen molar-refractivity contribution >= 4 is 29.0 Å². The first-order valence-electron chi connectivity index (χ1n) is 11.4. The van der Waals surface area contributed by atoms with Gasteiger partial charge < -0.3 is 25.7 Å². The van der Waals surface area contributed by atoms with Crippen molar-refractivity contribution in [3.63, 3.8) is 0 Å². The van der Waals surface area contributed by atoms with Crippen LogP contribution >= 0.6 is 11.3 Å². The third-order valence-corrected chi connectivity index (χ3v) is 7.00. The highest BCUT2D eigenvalue weighted by Crippen LogP contribution is 2.29. The van der Waals surface area contributed by atoms with Gasteiger partial charge in [0.2, 0.25) is 5.91 Å². The number of nitrogens with zero attached hydrogens (tertiary/aromatic N) is 2. The predicted octanol–water partition coefficient (Wildman–Crippen LogP) is 2.42. The van der Waals surface area contributed by atoms with Gasteiger partial charge in [0.05, 0.1) is 28.8 Å². The molecule has 1 atom stereocenters. The first-order valence-corrected chi connectivity index (χ1v) is 12.2. The first kappa shape index (κ1) is 24.8. The Morgan fingerprint density at radius 3 is 2.71 bits per heavy atom. The fourth-order valence-corrected chi connectivity index (χ4v) is 4.75. The minimum atomic E-state index is -0.546. The summed E-state index contributed by atoms with van der Waals surface area (Å²) in [5.74, 6) is -0.584. The van der Waals surface area contributed by atoms with Gasteiger partial charge in [0.25, 0.3) is 5.91 Å². The van der Waals surface area contributed by atoms with Crippen LogP contribution in [0.2, 0.25) is 0 Å². The molecule has 0 saturated carbocycles. The van der Waals surface area contributed by atoms with Crippen LogP contribution in [-0.2, 0) is 17.8 Å². The number of carbonyl (C=O) groups is 2. The minimum Gasteiger partial charge on any atom is -0.391 e. The van der Waals surface area contributed by atoms with Crippen LogP contribution in [0.1, 0.15) is 27.2 Å². The van der Waals surface area contributed by atoms with Crippen LogP contribution in [0.15, 0.2) is 48.5 Å². The molecule has 4 rings (SSSR count). The minimum absolute atomic E-state index is 0.0547. The first-order chi connectivity index (χ1) is 17.0. The highest BCUT2D eigenvalue weighted by Gasteiger charge is 2.31. The zero-order valence-electron chi connectivity index (χ0n) is 19.0. The quantitative estimate of drug-likeness (QED) is 0.341. The molecule has 1 saturated heterocycles. The molecule has 8 nitrogen and oxygen atoms in total. The molecule has 184 valence electrons. The zero-order valence-corrected chi connectivity index (χ0v) is 19.9. The van der Waals surface area contributed by atoms with E-state index in [0.717, 1.165) is 21.7 Å². The van der Waals surface area contributed by atoms with Crippen molar-refractivity contribution in [3.05, 3.63) is 70.4 Å². The average molecular weight is 499 g/mol. The van der Waals surface area contributed by atoms with E-state index in [0.29, 0.717) is 36.6 Å². The van der Waals surface area contributed by atoms with E-state index < -0.39 is 6.61 Å². The molecular weight excluding hydrogens is 471 g/mol. The van der Waals surface area contributed by atoms with E-state index in [4.69, 9.17) is 5.11 Å². The van der Waals surface area contributed by atoms with Gasteiger partial charge >= 0.3 is 0 Å². The van der Waals surface area contributed by atoms with Gasteiger partial charge in [-0.05, 0) is 54.8 Å². The lowest BCUT2D eigenvalue weighted by molar-refractivity contribution is -0.141. The second-order valence-electron chi connectivity index (χ2n) is 8.22. The van der Waals surface area contributed by atoms with Gasteiger partial charge in [-0.25, -0.2) is 9.37 Å². The maximum Gasteiger partial charge on any atom is 0.255 e. The number of thiophene rings is 1. The lowest BCUT2D eigenvalue weighted by atomic mass is 10.0. The lowest BCUT2D eigenvalue weighted by Gasteiger charge is -2.40. The van der Waals surface area contributed by atoms with E-state index >= 15 is 0 Å². The van der Waals surface area contributed by atoms with Crippen molar-refractivity contribution in [1.29, 1.82) is 0 Å². The number of hydrogen-bond donors (Lipinski definition) is 4. The van der Waals surface area contributed by atoms with Gasteiger partial charge in [-0.15, -0.1) is 11.3 Å². The molecule has 1 aliphatic rings. The number of rotatable bonds is 10. The van der Waals surface area contributed by atoms with E-state index in [2.05, 4.69) is 15.6 Å². The molecule has 1 fully saturated rings.